The number of sulfonamides is 1. The fourth-order valence-corrected chi connectivity index (χ4v) is 3.77. The zero-order chi connectivity index (χ0) is 22.2. The van der Waals surface area contributed by atoms with Crippen LogP contribution in [0.1, 0.15) is 36.8 Å². The van der Waals surface area contributed by atoms with Crippen molar-refractivity contribution >= 4 is 10.0 Å². The largest absolute Gasteiger partial charge is 0.467 e. The lowest BCUT2D eigenvalue weighted by Crippen LogP contribution is -2.29. The zero-order valence-electron chi connectivity index (χ0n) is 15.3. The number of ether oxygens (including phenoxy) is 1. The van der Waals surface area contributed by atoms with E-state index in [-0.39, 0.29) is 36.6 Å². The second-order valence-electron chi connectivity index (χ2n) is 5.87. The lowest BCUT2D eigenvalue weighted by molar-refractivity contribution is -0.143. The second kappa shape index (κ2) is 7.82. The van der Waals surface area contributed by atoms with Gasteiger partial charge in [0, 0.05) is 6.54 Å². The minimum absolute atomic E-state index is 0.0620. The van der Waals surface area contributed by atoms with Gasteiger partial charge < -0.3 is 4.74 Å². The van der Waals surface area contributed by atoms with Gasteiger partial charge >= 0.3 is 18.4 Å². The highest BCUT2D eigenvalue weighted by molar-refractivity contribution is 7.89. The third-order valence-electron chi connectivity index (χ3n) is 3.83. The van der Waals surface area contributed by atoms with E-state index in [0.29, 0.717) is 0 Å². The molecular weight excluding hydrogens is 430 g/mol. The summed E-state index contributed by atoms with van der Waals surface area (Å²) in [5, 5.41) is 7.43. The van der Waals surface area contributed by atoms with Gasteiger partial charge in [-0.3, -0.25) is 4.57 Å². The first-order valence-electron chi connectivity index (χ1n) is 7.99. The highest BCUT2D eigenvalue weighted by Crippen LogP contribution is 2.37. The van der Waals surface area contributed by atoms with Gasteiger partial charge in [0.1, 0.15) is 0 Å². The van der Waals surface area contributed by atoms with Crippen LogP contribution in [0.3, 0.4) is 0 Å². The SMILES string of the molecule is CCn1c(OC)nnc1[C@@H](C)NS(=O)(=O)c1cc(C(F)(F)F)cc(C(F)(F)F)c1. The predicted molar refractivity (Wildman–Crippen MR) is 87.4 cm³/mol. The molecule has 0 aliphatic heterocycles. The molecule has 29 heavy (non-hydrogen) atoms. The van der Waals surface area contributed by atoms with Crippen molar-refractivity contribution in [1.29, 1.82) is 0 Å². The van der Waals surface area contributed by atoms with Gasteiger partial charge in [0.25, 0.3) is 0 Å². The maximum Gasteiger partial charge on any atom is 0.416 e. The van der Waals surface area contributed by atoms with Crippen molar-refractivity contribution in [3.8, 4) is 6.01 Å². The van der Waals surface area contributed by atoms with Crippen LogP contribution in [0.4, 0.5) is 26.3 Å². The molecule has 1 aromatic carbocycles. The van der Waals surface area contributed by atoms with E-state index in [1.165, 1.54) is 18.6 Å². The Morgan fingerprint density at radius 2 is 1.59 bits per heavy atom. The van der Waals surface area contributed by atoms with Crippen LogP contribution in [0.2, 0.25) is 0 Å². The molecule has 1 atom stereocenters. The fraction of sp³-hybridized carbons (Fsp3) is 0.467. The fourth-order valence-electron chi connectivity index (χ4n) is 2.50. The summed E-state index contributed by atoms with van der Waals surface area (Å²) in [4.78, 5) is -1.18. The number of benzene rings is 1. The Morgan fingerprint density at radius 3 is 2.00 bits per heavy atom. The Morgan fingerprint density at radius 1 is 1.07 bits per heavy atom. The van der Waals surface area contributed by atoms with Crippen LogP contribution in [0.25, 0.3) is 0 Å². The molecule has 0 saturated heterocycles. The van der Waals surface area contributed by atoms with E-state index in [9.17, 15) is 34.8 Å². The molecule has 0 aliphatic rings. The molecule has 2 rings (SSSR count). The third-order valence-corrected chi connectivity index (χ3v) is 5.36. The minimum atomic E-state index is -5.17. The van der Waals surface area contributed by atoms with Crippen LogP contribution in [0.5, 0.6) is 6.01 Å². The lowest BCUT2D eigenvalue weighted by Gasteiger charge is -2.17. The summed E-state index contributed by atoms with van der Waals surface area (Å²) < 4.78 is 111. The summed E-state index contributed by atoms with van der Waals surface area (Å²) in [5.74, 6) is 0.0657. The quantitative estimate of drug-likeness (QED) is 0.688. The number of rotatable bonds is 6. The number of aromatic nitrogens is 3. The molecule has 0 aliphatic carbocycles. The van der Waals surface area contributed by atoms with Crippen LogP contribution >= 0.6 is 0 Å². The van der Waals surface area contributed by atoms with E-state index >= 15 is 0 Å². The maximum absolute atomic E-state index is 13.0. The monoisotopic (exact) mass is 446 g/mol. The molecule has 0 fully saturated rings. The molecule has 162 valence electrons. The van der Waals surface area contributed by atoms with Crippen molar-refractivity contribution < 1.29 is 39.5 Å². The van der Waals surface area contributed by atoms with Gasteiger partial charge in [-0.05, 0) is 32.0 Å². The number of halogens is 6. The van der Waals surface area contributed by atoms with E-state index in [0.717, 1.165) is 0 Å². The van der Waals surface area contributed by atoms with Crippen molar-refractivity contribution in [2.75, 3.05) is 7.11 Å². The molecule has 1 heterocycles. The molecule has 7 nitrogen and oxygen atoms in total. The molecule has 0 spiro atoms. The van der Waals surface area contributed by atoms with E-state index < -0.39 is 44.4 Å². The highest BCUT2D eigenvalue weighted by atomic mass is 32.2. The summed E-state index contributed by atoms with van der Waals surface area (Å²) in [6.45, 7) is 3.27. The molecule has 0 bridgehead atoms. The molecule has 0 radical (unpaired) electrons. The van der Waals surface area contributed by atoms with E-state index in [1.807, 2.05) is 4.72 Å². The Balaban J connectivity index is 2.49. The van der Waals surface area contributed by atoms with Crippen molar-refractivity contribution in [3.63, 3.8) is 0 Å². The number of hydrogen-bond acceptors (Lipinski definition) is 5. The minimum Gasteiger partial charge on any atom is -0.467 e. The number of alkyl halides is 6. The van der Waals surface area contributed by atoms with E-state index in [2.05, 4.69) is 10.2 Å². The lowest BCUT2D eigenvalue weighted by atomic mass is 10.1. The van der Waals surface area contributed by atoms with Gasteiger partial charge in [-0.1, -0.05) is 5.10 Å². The predicted octanol–water partition coefficient (Wildman–Crippen LogP) is 3.38. The van der Waals surface area contributed by atoms with Crippen molar-refractivity contribution in [1.82, 2.24) is 19.5 Å². The van der Waals surface area contributed by atoms with Gasteiger partial charge in [-0.2, -0.15) is 26.3 Å². The second-order valence-corrected chi connectivity index (χ2v) is 7.59. The van der Waals surface area contributed by atoms with Crippen molar-refractivity contribution in [2.45, 2.75) is 43.7 Å². The van der Waals surface area contributed by atoms with Crippen LogP contribution in [-0.4, -0.2) is 30.3 Å². The average Bonchev–Trinajstić information content (AvgIpc) is 3.02. The Hall–Kier alpha value is -2.35. The first-order valence-corrected chi connectivity index (χ1v) is 9.48. The highest BCUT2D eigenvalue weighted by Gasteiger charge is 2.38. The van der Waals surface area contributed by atoms with E-state index in [1.54, 1.807) is 6.92 Å². The van der Waals surface area contributed by atoms with Gasteiger partial charge in [-0.25, -0.2) is 13.1 Å². The molecular formula is C15H16F6N4O3S. The third kappa shape index (κ3) is 4.98. The van der Waals surface area contributed by atoms with Gasteiger partial charge in [-0.15, -0.1) is 5.10 Å². The van der Waals surface area contributed by atoms with Crippen molar-refractivity contribution in [3.05, 3.63) is 35.2 Å². The van der Waals surface area contributed by atoms with Gasteiger partial charge in [0.2, 0.25) is 10.0 Å². The van der Waals surface area contributed by atoms with Crippen LogP contribution < -0.4 is 9.46 Å². The molecule has 0 amide bonds. The normalized spacial score (nSPS) is 14.1. The molecule has 1 aromatic heterocycles. The molecule has 14 heteroatoms. The Labute approximate surface area is 161 Å². The van der Waals surface area contributed by atoms with Gasteiger partial charge in [0.15, 0.2) is 5.82 Å². The van der Waals surface area contributed by atoms with Crippen molar-refractivity contribution in [2.24, 2.45) is 0 Å². The standard InChI is InChI=1S/C15H16F6N4O3S/c1-4-25-12(22-23-13(25)28-3)8(2)24-29(26,27)11-6-9(14(16,17)18)5-10(7-11)15(19,20)21/h5-8,24H,4H2,1-3H3/t8-/m1/s1. The molecule has 1 N–H and O–H groups in total. The zero-order valence-corrected chi connectivity index (χ0v) is 16.1. The topological polar surface area (TPSA) is 86.1 Å². The number of hydrogen-bond donors (Lipinski definition) is 1. The Kier molecular flexibility index (Phi) is 6.18. The average molecular weight is 446 g/mol. The smallest absolute Gasteiger partial charge is 0.416 e. The maximum atomic E-state index is 13.0. The molecule has 2 aromatic rings. The van der Waals surface area contributed by atoms with E-state index in [4.69, 9.17) is 4.74 Å². The first kappa shape index (κ1) is 22.9. The molecule has 0 saturated carbocycles. The summed E-state index contributed by atoms with van der Waals surface area (Å²) in [5.41, 5.74) is -3.47. The number of nitrogens with zero attached hydrogens (tertiary/aromatic N) is 3. The number of nitrogens with one attached hydrogen (secondary N) is 1. The van der Waals surface area contributed by atoms with Crippen LogP contribution in [0.15, 0.2) is 23.1 Å². The van der Waals surface area contributed by atoms with Crippen LogP contribution in [0, 0.1) is 0 Å². The van der Waals surface area contributed by atoms with Gasteiger partial charge in [0.05, 0.1) is 29.2 Å². The summed E-state index contributed by atoms with van der Waals surface area (Å²) >= 11 is 0. The first-order chi connectivity index (χ1) is 13.2. The molecule has 0 unspecified atom stereocenters. The summed E-state index contributed by atoms with van der Waals surface area (Å²) in [6.07, 6.45) is -10.3. The number of methoxy groups -OCH3 is 1. The summed E-state index contributed by atoms with van der Waals surface area (Å²) in [7, 11) is -3.47. The van der Waals surface area contributed by atoms with Crippen LogP contribution in [-0.2, 0) is 28.9 Å². The Bertz CT molecular complexity index is 953. The summed E-state index contributed by atoms with van der Waals surface area (Å²) in [6, 6.07) is -0.946.